The van der Waals surface area contributed by atoms with Gasteiger partial charge in [0.25, 0.3) is 0 Å². The largest absolute Gasteiger partial charge is 0.393 e. The summed E-state index contributed by atoms with van der Waals surface area (Å²) in [6.07, 6.45) is 5.33. The molecule has 100 valence electrons. The average molecular weight is 288 g/mol. The summed E-state index contributed by atoms with van der Waals surface area (Å²) in [5.74, 6) is -0.0496. The Balaban J connectivity index is 2.16. The normalized spacial score (nSPS) is 24.3. The lowest BCUT2D eigenvalue weighted by molar-refractivity contribution is 0.525. The third-order valence-electron chi connectivity index (χ3n) is 3.18. The molecular weight excluding hydrogens is 272 g/mol. The molecule has 3 N–H and O–H groups in total. The molecule has 0 spiro atoms. The SMILES string of the molecule is Cn1cc(S(=O)(=O)NC2CCCC2C(N)=S)cn1. The minimum atomic E-state index is -3.54. The molecule has 1 aliphatic rings. The molecule has 0 bridgehead atoms. The molecule has 1 fully saturated rings. The molecule has 2 atom stereocenters. The maximum absolute atomic E-state index is 12.1. The van der Waals surface area contributed by atoms with Crippen molar-refractivity contribution in [2.75, 3.05) is 0 Å². The first-order chi connectivity index (χ1) is 8.40. The molecule has 0 amide bonds. The molecule has 1 aromatic rings. The van der Waals surface area contributed by atoms with Gasteiger partial charge in [0, 0.05) is 25.2 Å². The van der Waals surface area contributed by atoms with E-state index < -0.39 is 10.0 Å². The molecule has 1 heterocycles. The fraction of sp³-hybridized carbons (Fsp3) is 0.600. The Morgan fingerprint density at radius 2 is 2.33 bits per heavy atom. The number of aryl methyl sites for hydroxylation is 1. The van der Waals surface area contributed by atoms with Crippen LogP contribution in [0.1, 0.15) is 19.3 Å². The molecule has 0 radical (unpaired) electrons. The van der Waals surface area contributed by atoms with E-state index in [0.717, 1.165) is 19.3 Å². The number of nitrogens with zero attached hydrogens (tertiary/aromatic N) is 2. The van der Waals surface area contributed by atoms with Crippen LogP contribution in [-0.4, -0.2) is 29.2 Å². The fourth-order valence-corrected chi connectivity index (χ4v) is 3.82. The Labute approximate surface area is 112 Å². The van der Waals surface area contributed by atoms with Crippen LogP contribution in [0, 0.1) is 5.92 Å². The van der Waals surface area contributed by atoms with Gasteiger partial charge in [0.2, 0.25) is 10.0 Å². The van der Waals surface area contributed by atoms with Gasteiger partial charge in [-0.15, -0.1) is 0 Å². The second-order valence-electron chi connectivity index (χ2n) is 4.52. The number of rotatable bonds is 4. The van der Waals surface area contributed by atoms with Crippen molar-refractivity contribution in [1.82, 2.24) is 14.5 Å². The first kappa shape index (κ1) is 13.4. The average Bonchev–Trinajstić information content (AvgIpc) is 2.86. The molecule has 1 aromatic heterocycles. The van der Waals surface area contributed by atoms with Crippen LogP contribution in [0.25, 0.3) is 0 Å². The van der Waals surface area contributed by atoms with Gasteiger partial charge in [0.05, 0.1) is 11.2 Å². The molecule has 6 nitrogen and oxygen atoms in total. The van der Waals surface area contributed by atoms with Gasteiger partial charge in [0.15, 0.2) is 0 Å². The van der Waals surface area contributed by atoms with Crippen molar-refractivity contribution in [3.63, 3.8) is 0 Å². The van der Waals surface area contributed by atoms with Gasteiger partial charge < -0.3 is 5.73 Å². The number of sulfonamides is 1. The second kappa shape index (κ2) is 4.94. The molecule has 1 saturated carbocycles. The van der Waals surface area contributed by atoms with Crippen LogP contribution in [0.3, 0.4) is 0 Å². The van der Waals surface area contributed by atoms with E-state index >= 15 is 0 Å². The Hall–Kier alpha value is -0.990. The van der Waals surface area contributed by atoms with Crippen molar-refractivity contribution < 1.29 is 8.42 Å². The lowest BCUT2D eigenvalue weighted by Gasteiger charge is -2.19. The van der Waals surface area contributed by atoms with Crippen molar-refractivity contribution in [2.45, 2.75) is 30.2 Å². The molecular formula is C10H16N4O2S2. The zero-order valence-electron chi connectivity index (χ0n) is 10.0. The summed E-state index contributed by atoms with van der Waals surface area (Å²) in [5.41, 5.74) is 5.63. The van der Waals surface area contributed by atoms with Crippen LogP contribution in [0.5, 0.6) is 0 Å². The first-order valence-corrected chi connectivity index (χ1v) is 7.59. The van der Waals surface area contributed by atoms with Crippen molar-refractivity contribution in [3.8, 4) is 0 Å². The Kier molecular flexibility index (Phi) is 3.69. The minimum absolute atomic E-state index is 0.0496. The van der Waals surface area contributed by atoms with Gasteiger partial charge in [-0.25, -0.2) is 13.1 Å². The quantitative estimate of drug-likeness (QED) is 0.770. The van der Waals surface area contributed by atoms with E-state index in [1.165, 1.54) is 17.1 Å². The highest BCUT2D eigenvalue weighted by molar-refractivity contribution is 7.89. The van der Waals surface area contributed by atoms with Gasteiger partial charge >= 0.3 is 0 Å². The van der Waals surface area contributed by atoms with Crippen molar-refractivity contribution >= 4 is 27.2 Å². The fourth-order valence-electron chi connectivity index (χ4n) is 2.25. The van der Waals surface area contributed by atoms with E-state index in [1.807, 2.05) is 0 Å². The third kappa shape index (κ3) is 2.70. The summed E-state index contributed by atoms with van der Waals surface area (Å²) in [4.78, 5) is 0.546. The molecule has 8 heteroatoms. The monoisotopic (exact) mass is 288 g/mol. The third-order valence-corrected chi connectivity index (χ3v) is 4.93. The van der Waals surface area contributed by atoms with E-state index in [-0.39, 0.29) is 16.9 Å². The van der Waals surface area contributed by atoms with E-state index in [9.17, 15) is 8.42 Å². The lowest BCUT2D eigenvalue weighted by Crippen LogP contribution is -2.41. The highest BCUT2D eigenvalue weighted by atomic mass is 32.2. The lowest BCUT2D eigenvalue weighted by atomic mass is 10.1. The molecule has 1 aliphatic carbocycles. The predicted octanol–water partition coefficient (Wildman–Crippen LogP) is 0.153. The van der Waals surface area contributed by atoms with Crippen molar-refractivity contribution in [1.29, 1.82) is 0 Å². The van der Waals surface area contributed by atoms with Gasteiger partial charge in [-0.3, -0.25) is 4.68 Å². The number of nitrogens with one attached hydrogen (secondary N) is 1. The Bertz CT molecular complexity index is 552. The molecule has 0 aliphatic heterocycles. The summed E-state index contributed by atoms with van der Waals surface area (Å²) in [5, 5.41) is 3.86. The number of nitrogens with two attached hydrogens (primary N) is 1. The van der Waals surface area contributed by atoms with Crippen LogP contribution in [0.2, 0.25) is 0 Å². The van der Waals surface area contributed by atoms with Gasteiger partial charge in [-0.2, -0.15) is 5.10 Å². The van der Waals surface area contributed by atoms with Gasteiger partial charge in [-0.05, 0) is 12.8 Å². The number of aromatic nitrogens is 2. The van der Waals surface area contributed by atoms with E-state index in [0.29, 0.717) is 4.99 Å². The maximum Gasteiger partial charge on any atom is 0.243 e. The van der Waals surface area contributed by atoms with Crippen molar-refractivity contribution in [3.05, 3.63) is 12.4 Å². The molecule has 0 aromatic carbocycles. The highest BCUT2D eigenvalue weighted by Gasteiger charge is 2.33. The summed E-state index contributed by atoms with van der Waals surface area (Å²) < 4.78 is 28.4. The second-order valence-corrected chi connectivity index (χ2v) is 6.70. The van der Waals surface area contributed by atoms with E-state index in [1.54, 1.807) is 7.05 Å². The van der Waals surface area contributed by atoms with Gasteiger partial charge in [-0.1, -0.05) is 18.6 Å². The van der Waals surface area contributed by atoms with Crippen LogP contribution >= 0.6 is 12.2 Å². The number of hydrogen-bond donors (Lipinski definition) is 2. The Morgan fingerprint density at radius 3 is 2.89 bits per heavy atom. The minimum Gasteiger partial charge on any atom is -0.393 e. The number of thiocarbonyl (C=S) groups is 1. The van der Waals surface area contributed by atoms with Gasteiger partial charge in [0.1, 0.15) is 4.90 Å². The Morgan fingerprint density at radius 1 is 1.61 bits per heavy atom. The standard InChI is InChI=1S/C10H16N4O2S2/c1-14-6-7(5-12-14)18(15,16)13-9-4-2-3-8(9)10(11)17/h5-6,8-9,13H,2-4H2,1H3,(H2,11,17). The topological polar surface area (TPSA) is 90.0 Å². The molecule has 2 unspecified atom stereocenters. The molecule has 18 heavy (non-hydrogen) atoms. The highest BCUT2D eigenvalue weighted by Crippen LogP contribution is 2.27. The zero-order valence-corrected chi connectivity index (χ0v) is 11.7. The summed E-state index contributed by atoms with van der Waals surface area (Å²) in [7, 11) is -1.86. The van der Waals surface area contributed by atoms with E-state index in [2.05, 4.69) is 9.82 Å². The summed E-state index contributed by atoms with van der Waals surface area (Å²) >= 11 is 4.97. The van der Waals surface area contributed by atoms with Crippen LogP contribution in [0.15, 0.2) is 17.3 Å². The predicted molar refractivity (Wildman–Crippen MR) is 71.4 cm³/mol. The smallest absolute Gasteiger partial charge is 0.243 e. The van der Waals surface area contributed by atoms with Crippen molar-refractivity contribution in [2.24, 2.45) is 18.7 Å². The van der Waals surface area contributed by atoms with E-state index in [4.69, 9.17) is 18.0 Å². The summed E-state index contributed by atoms with van der Waals surface area (Å²) in [6, 6.07) is -0.201. The van der Waals surface area contributed by atoms with Crippen LogP contribution in [-0.2, 0) is 17.1 Å². The number of hydrogen-bond acceptors (Lipinski definition) is 4. The van der Waals surface area contributed by atoms with Crippen LogP contribution in [0.4, 0.5) is 0 Å². The molecule has 0 saturated heterocycles. The first-order valence-electron chi connectivity index (χ1n) is 5.70. The summed E-state index contributed by atoms with van der Waals surface area (Å²) in [6.45, 7) is 0. The van der Waals surface area contributed by atoms with Crippen LogP contribution < -0.4 is 10.5 Å². The maximum atomic E-state index is 12.1. The zero-order chi connectivity index (χ0) is 13.3. The molecule has 2 rings (SSSR count).